The van der Waals surface area contributed by atoms with Gasteiger partial charge in [-0.25, -0.2) is 9.97 Å². The molecule has 1 amide bonds. The Morgan fingerprint density at radius 1 is 1.33 bits per heavy atom. The van der Waals surface area contributed by atoms with Crippen molar-refractivity contribution < 1.29 is 9.53 Å². The predicted octanol–water partition coefficient (Wildman–Crippen LogP) is 2.61. The van der Waals surface area contributed by atoms with Crippen LogP contribution in [0, 0.1) is 5.92 Å². The number of nitrogens with zero attached hydrogens (tertiary/aromatic N) is 4. The van der Waals surface area contributed by atoms with Gasteiger partial charge in [0.2, 0.25) is 5.91 Å². The zero-order chi connectivity index (χ0) is 21.1. The molecule has 0 radical (unpaired) electrons. The predicted molar refractivity (Wildman–Crippen MR) is 121 cm³/mol. The van der Waals surface area contributed by atoms with Crippen LogP contribution in [0.15, 0.2) is 0 Å². The maximum Gasteiger partial charge on any atom is 0.239 e. The van der Waals surface area contributed by atoms with Crippen LogP contribution in [-0.4, -0.2) is 67.2 Å². The molecular formula is C22H33N5O2S. The molecular weight excluding hydrogens is 398 g/mol. The molecule has 8 heteroatoms. The standard InChI is InChI=1S/C22H33N5O2S/c1-4-7-23-19(28)14-26(3)21-20-16-6-5-15(2)12-17(16)30-22(20)25-18(24-21)13-27-8-10-29-11-9-27/h15H,4-14H2,1-3H3,(H,23,28)/t15-/m0/s1. The molecule has 7 nitrogen and oxygen atoms in total. The number of carbonyl (C=O) groups is 1. The van der Waals surface area contributed by atoms with Crippen LogP contribution in [0.25, 0.3) is 10.2 Å². The third kappa shape index (κ3) is 4.76. The highest BCUT2D eigenvalue weighted by atomic mass is 32.1. The highest BCUT2D eigenvalue weighted by Crippen LogP contribution is 2.40. The number of aromatic nitrogens is 2. The third-order valence-electron chi connectivity index (χ3n) is 5.97. The Morgan fingerprint density at radius 3 is 2.90 bits per heavy atom. The molecule has 4 rings (SSSR count). The fourth-order valence-electron chi connectivity index (χ4n) is 4.28. The van der Waals surface area contributed by atoms with E-state index in [0.29, 0.717) is 19.0 Å². The van der Waals surface area contributed by atoms with Crippen LogP contribution in [0.5, 0.6) is 0 Å². The second-order valence-corrected chi connectivity index (χ2v) is 9.67. The molecule has 1 atom stereocenters. The molecule has 164 valence electrons. The van der Waals surface area contributed by atoms with E-state index in [9.17, 15) is 4.79 Å². The average Bonchev–Trinajstić information content (AvgIpc) is 3.09. The lowest BCUT2D eigenvalue weighted by Crippen LogP contribution is -2.37. The molecule has 1 aliphatic carbocycles. The van der Waals surface area contributed by atoms with E-state index in [1.807, 2.05) is 23.3 Å². The second kappa shape index (κ2) is 9.58. The van der Waals surface area contributed by atoms with E-state index in [0.717, 1.165) is 68.6 Å². The topological polar surface area (TPSA) is 70.6 Å². The molecule has 0 aromatic carbocycles. The molecule has 0 spiro atoms. The highest BCUT2D eigenvalue weighted by Gasteiger charge is 2.26. The molecule has 2 aromatic heterocycles. The first-order valence-corrected chi connectivity index (χ1v) is 12.0. The highest BCUT2D eigenvalue weighted by molar-refractivity contribution is 7.19. The summed E-state index contributed by atoms with van der Waals surface area (Å²) in [5, 5.41) is 4.14. The number of carbonyl (C=O) groups excluding carboxylic acids is 1. The van der Waals surface area contributed by atoms with E-state index in [4.69, 9.17) is 14.7 Å². The Bertz CT molecular complexity index is 893. The van der Waals surface area contributed by atoms with Crippen molar-refractivity contribution in [3.63, 3.8) is 0 Å². The maximum atomic E-state index is 12.4. The lowest BCUT2D eigenvalue weighted by Gasteiger charge is -2.26. The number of rotatable bonds is 7. The molecule has 3 heterocycles. The van der Waals surface area contributed by atoms with Gasteiger partial charge < -0.3 is 15.0 Å². The molecule has 0 unspecified atom stereocenters. The maximum absolute atomic E-state index is 12.4. The molecule has 0 saturated carbocycles. The van der Waals surface area contributed by atoms with Gasteiger partial charge in [-0.15, -0.1) is 11.3 Å². The summed E-state index contributed by atoms with van der Waals surface area (Å²) in [5.41, 5.74) is 1.40. The van der Waals surface area contributed by atoms with Gasteiger partial charge in [0.15, 0.2) is 0 Å². The summed E-state index contributed by atoms with van der Waals surface area (Å²) in [6, 6.07) is 0. The number of likely N-dealkylation sites (N-methyl/N-ethyl adjacent to an activating group) is 1. The lowest BCUT2D eigenvalue weighted by atomic mass is 9.89. The number of aryl methyl sites for hydroxylation is 1. The van der Waals surface area contributed by atoms with E-state index < -0.39 is 0 Å². The van der Waals surface area contributed by atoms with Crippen LogP contribution in [0.4, 0.5) is 5.82 Å². The van der Waals surface area contributed by atoms with Crippen molar-refractivity contribution in [1.82, 2.24) is 20.2 Å². The van der Waals surface area contributed by atoms with Crippen molar-refractivity contribution in [3.8, 4) is 0 Å². The monoisotopic (exact) mass is 431 g/mol. The van der Waals surface area contributed by atoms with Crippen molar-refractivity contribution in [2.75, 3.05) is 51.3 Å². The Balaban J connectivity index is 1.67. The summed E-state index contributed by atoms with van der Waals surface area (Å²) in [6.45, 7) is 9.47. The van der Waals surface area contributed by atoms with E-state index in [2.05, 4.69) is 24.1 Å². The Kier molecular flexibility index (Phi) is 6.85. The zero-order valence-electron chi connectivity index (χ0n) is 18.4. The molecule has 30 heavy (non-hydrogen) atoms. The van der Waals surface area contributed by atoms with Crippen LogP contribution >= 0.6 is 11.3 Å². The zero-order valence-corrected chi connectivity index (χ0v) is 19.2. The quantitative estimate of drug-likeness (QED) is 0.727. The number of fused-ring (bicyclic) bond motifs is 3. The van der Waals surface area contributed by atoms with Crippen LogP contribution in [0.1, 0.15) is 43.0 Å². The SMILES string of the molecule is CCCNC(=O)CN(C)c1nc(CN2CCOCC2)nc2sc3c(c12)CC[C@H](C)C3. The molecule has 2 aromatic rings. The smallest absolute Gasteiger partial charge is 0.239 e. The van der Waals surface area contributed by atoms with Crippen molar-refractivity contribution in [3.05, 3.63) is 16.3 Å². The number of hydrogen-bond acceptors (Lipinski definition) is 7. The van der Waals surface area contributed by atoms with Gasteiger partial charge in [-0.1, -0.05) is 13.8 Å². The number of morpholine rings is 1. The fourth-order valence-corrected chi connectivity index (χ4v) is 5.68. The largest absolute Gasteiger partial charge is 0.379 e. The van der Waals surface area contributed by atoms with Gasteiger partial charge in [-0.2, -0.15) is 0 Å². The summed E-state index contributed by atoms with van der Waals surface area (Å²) in [4.78, 5) is 29.2. The Hall–Kier alpha value is -1.77. The van der Waals surface area contributed by atoms with Gasteiger partial charge in [0.05, 0.1) is 31.7 Å². The molecule has 0 bridgehead atoms. The lowest BCUT2D eigenvalue weighted by molar-refractivity contribution is -0.119. The number of thiophene rings is 1. The summed E-state index contributed by atoms with van der Waals surface area (Å²) >= 11 is 1.82. The molecule has 2 aliphatic rings. The van der Waals surface area contributed by atoms with Crippen LogP contribution in [0.3, 0.4) is 0 Å². The van der Waals surface area contributed by atoms with Gasteiger partial charge in [-0.3, -0.25) is 9.69 Å². The van der Waals surface area contributed by atoms with E-state index >= 15 is 0 Å². The third-order valence-corrected chi connectivity index (χ3v) is 7.11. The summed E-state index contributed by atoms with van der Waals surface area (Å²) in [7, 11) is 1.97. The summed E-state index contributed by atoms with van der Waals surface area (Å²) < 4.78 is 5.48. The van der Waals surface area contributed by atoms with Crippen LogP contribution < -0.4 is 10.2 Å². The van der Waals surface area contributed by atoms with E-state index in [1.54, 1.807) is 0 Å². The molecule has 1 saturated heterocycles. The van der Waals surface area contributed by atoms with Crippen molar-refractivity contribution in [2.24, 2.45) is 5.92 Å². The van der Waals surface area contributed by atoms with Gasteiger partial charge in [0.25, 0.3) is 0 Å². The second-order valence-electron chi connectivity index (χ2n) is 8.59. The first kappa shape index (κ1) is 21.5. The Morgan fingerprint density at radius 2 is 2.13 bits per heavy atom. The first-order chi connectivity index (χ1) is 14.5. The first-order valence-electron chi connectivity index (χ1n) is 11.1. The fraction of sp³-hybridized carbons (Fsp3) is 0.682. The molecule has 1 N–H and O–H groups in total. The van der Waals surface area contributed by atoms with Gasteiger partial charge >= 0.3 is 0 Å². The van der Waals surface area contributed by atoms with Crippen LogP contribution in [0.2, 0.25) is 0 Å². The number of hydrogen-bond donors (Lipinski definition) is 1. The molecule has 1 fully saturated rings. The van der Waals surface area contributed by atoms with Crippen molar-refractivity contribution in [2.45, 2.75) is 46.1 Å². The van der Waals surface area contributed by atoms with E-state index in [-0.39, 0.29) is 5.91 Å². The van der Waals surface area contributed by atoms with Gasteiger partial charge in [0.1, 0.15) is 16.5 Å². The number of anilines is 1. The average molecular weight is 432 g/mol. The molecule has 1 aliphatic heterocycles. The summed E-state index contributed by atoms with van der Waals surface area (Å²) in [5.74, 6) is 2.50. The van der Waals surface area contributed by atoms with Gasteiger partial charge in [-0.05, 0) is 37.2 Å². The number of nitrogens with one attached hydrogen (secondary N) is 1. The Labute approximate surface area is 182 Å². The number of amides is 1. The minimum absolute atomic E-state index is 0.0403. The normalized spacial score (nSPS) is 19.6. The van der Waals surface area contributed by atoms with Crippen molar-refractivity contribution in [1.29, 1.82) is 0 Å². The minimum atomic E-state index is 0.0403. The number of ether oxygens (including phenoxy) is 1. The van der Waals surface area contributed by atoms with Gasteiger partial charge in [0, 0.05) is 31.6 Å². The summed E-state index contributed by atoms with van der Waals surface area (Å²) in [6.07, 6.45) is 4.34. The van der Waals surface area contributed by atoms with E-state index in [1.165, 1.54) is 22.2 Å². The van der Waals surface area contributed by atoms with Crippen molar-refractivity contribution >= 4 is 33.3 Å². The van der Waals surface area contributed by atoms with Crippen LogP contribution in [-0.2, 0) is 28.9 Å². The minimum Gasteiger partial charge on any atom is -0.379 e.